The van der Waals surface area contributed by atoms with Crippen molar-refractivity contribution < 1.29 is 18.7 Å². The van der Waals surface area contributed by atoms with Gasteiger partial charge in [-0.2, -0.15) is 5.10 Å². The predicted molar refractivity (Wildman–Crippen MR) is 98.4 cm³/mol. The van der Waals surface area contributed by atoms with Crippen LogP contribution < -0.4 is 0 Å². The van der Waals surface area contributed by atoms with Crippen molar-refractivity contribution >= 4 is 12.4 Å². The quantitative estimate of drug-likeness (QED) is 0.742. The number of rotatable bonds is 5. The minimum Gasteiger partial charge on any atom is -0.444 e. The lowest BCUT2D eigenvalue weighted by Gasteiger charge is -2.28. The van der Waals surface area contributed by atoms with E-state index in [4.69, 9.17) is 4.74 Å². The third-order valence-corrected chi connectivity index (χ3v) is 4.32. The summed E-state index contributed by atoms with van der Waals surface area (Å²) in [5, 5.41) is 4.26. The minimum atomic E-state index is -0.604. The molecular weight excluding hydrogens is 349 g/mol. The number of halogens is 1. The smallest absolute Gasteiger partial charge is 0.410 e. The van der Waals surface area contributed by atoms with Crippen LogP contribution in [0.4, 0.5) is 9.18 Å². The minimum absolute atomic E-state index is 0.0980. The lowest BCUT2D eigenvalue weighted by atomic mass is 10.1. The van der Waals surface area contributed by atoms with Crippen LogP contribution in [0.25, 0.3) is 5.69 Å². The van der Waals surface area contributed by atoms with Gasteiger partial charge in [0.1, 0.15) is 17.1 Å². The highest BCUT2D eigenvalue weighted by atomic mass is 19.1. The van der Waals surface area contributed by atoms with E-state index in [0.717, 1.165) is 12.8 Å². The highest BCUT2D eigenvalue weighted by Gasteiger charge is 2.36. The molecule has 1 fully saturated rings. The first-order valence-electron chi connectivity index (χ1n) is 8.98. The van der Waals surface area contributed by atoms with Crippen molar-refractivity contribution in [2.75, 3.05) is 0 Å². The van der Waals surface area contributed by atoms with Crippen LogP contribution >= 0.6 is 0 Å². The Morgan fingerprint density at radius 1 is 1.41 bits per heavy atom. The van der Waals surface area contributed by atoms with Gasteiger partial charge in [-0.15, -0.1) is 0 Å². The first kappa shape index (κ1) is 19.1. The lowest BCUT2D eigenvalue weighted by molar-refractivity contribution is 0.0216. The molecule has 0 bridgehead atoms. The highest BCUT2D eigenvalue weighted by molar-refractivity contribution is 5.76. The third-order valence-electron chi connectivity index (χ3n) is 4.32. The largest absolute Gasteiger partial charge is 0.444 e. The van der Waals surface area contributed by atoms with Crippen molar-refractivity contribution in [1.29, 1.82) is 0 Å². The summed E-state index contributed by atoms with van der Waals surface area (Å²) in [4.78, 5) is 25.4. The second-order valence-electron chi connectivity index (χ2n) is 7.82. The van der Waals surface area contributed by atoms with E-state index in [-0.39, 0.29) is 18.3 Å². The third kappa shape index (κ3) is 4.35. The molecule has 1 aliphatic rings. The van der Waals surface area contributed by atoms with Gasteiger partial charge in [-0.25, -0.2) is 13.9 Å². The van der Waals surface area contributed by atoms with Crippen molar-refractivity contribution in [3.8, 4) is 5.69 Å². The first-order valence-corrected chi connectivity index (χ1v) is 8.98. The van der Waals surface area contributed by atoms with Crippen LogP contribution in [-0.4, -0.2) is 38.7 Å². The number of ether oxygens (including phenoxy) is 1. The molecule has 1 aromatic heterocycles. The molecule has 0 atom stereocenters. The summed E-state index contributed by atoms with van der Waals surface area (Å²) in [6.45, 7) is 7.35. The van der Waals surface area contributed by atoms with Crippen LogP contribution in [0.3, 0.4) is 0 Å². The number of carbonyl (C=O) groups excluding carboxylic acids is 2. The topological polar surface area (TPSA) is 64.4 Å². The zero-order valence-electron chi connectivity index (χ0n) is 16.0. The molecule has 0 radical (unpaired) electrons. The second kappa shape index (κ2) is 7.13. The maximum atomic E-state index is 14.6. The second-order valence-corrected chi connectivity index (χ2v) is 7.82. The van der Waals surface area contributed by atoms with Gasteiger partial charge in [0.15, 0.2) is 6.29 Å². The number of hydrogen-bond acceptors (Lipinski definition) is 4. The SMILES string of the molecule is Cc1nn(-c2c(F)cccc2CN(C(=O)OC(C)(C)C)C2CC2)cc1C=O. The average molecular weight is 373 g/mol. The number of aldehydes is 1. The molecule has 0 unspecified atom stereocenters. The molecule has 2 aromatic rings. The van der Waals surface area contributed by atoms with E-state index in [1.165, 1.54) is 16.9 Å². The number of para-hydroxylation sites is 1. The van der Waals surface area contributed by atoms with Gasteiger partial charge in [-0.1, -0.05) is 12.1 Å². The molecule has 7 heteroatoms. The maximum Gasteiger partial charge on any atom is 0.410 e. The lowest BCUT2D eigenvalue weighted by Crippen LogP contribution is -2.38. The van der Waals surface area contributed by atoms with Crippen LogP contribution in [-0.2, 0) is 11.3 Å². The number of nitrogens with zero attached hydrogens (tertiary/aromatic N) is 3. The summed E-state index contributed by atoms with van der Waals surface area (Å²) in [5.74, 6) is -0.465. The van der Waals surface area contributed by atoms with Gasteiger partial charge in [0.2, 0.25) is 0 Å². The van der Waals surface area contributed by atoms with E-state index in [1.54, 1.807) is 24.0 Å². The summed E-state index contributed by atoms with van der Waals surface area (Å²) in [7, 11) is 0. The monoisotopic (exact) mass is 373 g/mol. The molecule has 1 heterocycles. The van der Waals surface area contributed by atoms with Crippen LogP contribution in [0.15, 0.2) is 24.4 Å². The fourth-order valence-electron chi connectivity index (χ4n) is 2.88. The first-order chi connectivity index (χ1) is 12.7. The van der Waals surface area contributed by atoms with Gasteiger partial charge >= 0.3 is 6.09 Å². The van der Waals surface area contributed by atoms with Crippen molar-refractivity contribution in [3.63, 3.8) is 0 Å². The molecule has 6 nitrogen and oxygen atoms in total. The Balaban J connectivity index is 1.95. The van der Waals surface area contributed by atoms with E-state index in [0.29, 0.717) is 23.1 Å². The average Bonchev–Trinajstić information content (AvgIpc) is 3.33. The van der Waals surface area contributed by atoms with Gasteiger partial charge in [0.25, 0.3) is 0 Å². The van der Waals surface area contributed by atoms with E-state index < -0.39 is 17.5 Å². The zero-order valence-corrected chi connectivity index (χ0v) is 16.0. The number of aromatic nitrogens is 2. The van der Waals surface area contributed by atoms with Crippen LogP contribution in [0, 0.1) is 12.7 Å². The van der Waals surface area contributed by atoms with Crippen molar-refractivity contribution in [1.82, 2.24) is 14.7 Å². The summed E-state index contributed by atoms with van der Waals surface area (Å²) in [6, 6.07) is 4.80. The number of amides is 1. The van der Waals surface area contributed by atoms with Crippen LogP contribution in [0.1, 0.15) is 55.2 Å². The van der Waals surface area contributed by atoms with E-state index >= 15 is 0 Å². The molecule has 1 aromatic carbocycles. The molecule has 27 heavy (non-hydrogen) atoms. The summed E-state index contributed by atoms with van der Waals surface area (Å²) < 4.78 is 21.5. The van der Waals surface area contributed by atoms with E-state index in [2.05, 4.69) is 5.10 Å². The summed E-state index contributed by atoms with van der Waals surface area (Å²) in [5.41, 5.74) is 1.16. The van der Waals surface area contributed by atoms with Gasteiger partial charge in [0, 0.05) is 17.8 Å². The standard InChI is InChI=1S/C20H24FN3O3/c1-13-15(12-25)11-24(22-13)18-14(6-5-7-17(18)21)10-23(16-8-9-16)19(26)27-20(2,3)4/h5-7,11-12,16H,8-10H2,1-4H3. The zero-order chi connectivity index (χ0) is 19.8. The van der Waals surface area contributed by atoms with Gasteiger partial charge in [-0.3, -0.25) is 4.79 Å². The molecular formula is C20H24FN3O3. The Labute approximate surface area is 157 Å². The highest BCUT2D eigenvalue weighted by Crippen LogP contribution is 2.31. The van der Waals surface area contributed by atoms with Crippen molar-refractivity contribution in [2.45, 2.75) is 58.7 Å². The molecule has 1 saturated carbocycles. The molecule has 144 valence electrons. The molecule has 1 aliphatic carbocycles. The molecule has 0 saturated heterocycles. The Bertz CT molecular complexity index is 866. The maximum absolute atomic E-state index is 14.6. The van der Waals surface area contributed by atoms with Crippen LogP contribution in [0.5, 0.6) is 0 Å². The molecule has 1 amide bonds. The normalized spacial score (nSPS) is 14.1. The Hall–Kier alpha value is -2.70. The summed E-state index contributed by atoms with van der Waals surface area (Å²) in [6.07, 6.45) is 3.58. The molecule has 0 N–H and O–H groups in total. The van der Waals surface area contributed by atoms with E-state index in [1.807, 2.05) is 20.8 Å². The Morgan fingerprint density at radius 2 is 2.11 bits per heavy atom. The fraction of sp³-hybridized carbons (Fsp3) is 0.450. The van der Waals surface area contributed by atoms with E-state index in [9.17, 15) is 14.0 Å². The molecule has 0 aliphatic heterocycles. The van der Waals surface area contributed by atoms with Gasteiger partial charge < -0.3 is 9.64 Å². The van der Waals surface area contributed by atoms with Gasteiger partial charge in [0.05, 0.1) is 17.8 Å². The number of aryl methyl sites for hydroxylation is 1. The number of benzene rings is 1. The Morgan fingerprint density at radius 3 is 2.67 bits per heavy atom. The molecule has 3 rings (SSSR count). The van der Waals surface area contributed by atoms with Crippen LogP contribution in [0.2, 0.25) is 0 Å². The van der Waals surface area contributed by atoms with Gasteiger partial charge in [-0.05, 0) is 46.6 Å². The number of hydrogen-bond donors (Lipinski definition) is 0. The van der Waals surface area contributed by atoms with Crippen molar-refractivity contribution in [2.24, 2.45) is 0 Å². The van der Waals surface area contributed by atoms with Crippen molar-refractivity contribution in [3.05, 3.63) is 47.0 Å². The molecule has 0 spiro atoms. The number of carbonyl (C=O) groups is 2. The Kier molecular flexibility index (Phi) is 5.04. The predicted octanol–water partition coefficient (Wildman–Crippen LogP) is 4.03. The summed E-state index contributed by atoms with van der Waals surface area (Å²) >= 11 is 0. The fourth-order valence-corrected chi connectivity index (χ4v) is 2.88.